The van der Waals surface area contributed by atoms with E-state index in [0.29, 0.717) is 15.1 Å². The first-order valence-electron chi connectivity index (χ1n) is 7.93. The fraction of sp³-hybridized carbons (Fsp3) is 0.0526. The SMILES string of the molecule is Clc1cc(Cl)c([S+](c2ccccc2)c2ccccc2)c(Cl)c1.O=S(=O)([O-])C(F)(F)F. The Morgan fingerprint density at radius 2 is 1.10 bits per heavy atom. The maximum atomic E-state index is 10.7. The molecule has 3 nitrogen and oxygen atoms in total. The van der Waals surface area contributed by atoms with Crippen molar-refractivity contribution in [3.05, 3.63) is 87.9 Å². The van der Waals surface area contributed by atoms with E-state index in [4.69, 9.17) is 47.8 Å². The van der Waals surface area contributed by atoms with Crippen LogP contribution in [0.25, 0.3) is 0 Å². The van der Waals surface area contributed by atoms with Crippen molar-refractivity contribution in [2.75, 3.05) is 0 Å². The Bertz CT molecular complexity index is 1030. The van der Waals surface area contributed by atoms with Crippen molar-refractivity contribution < 1.29 is 26.1 Å². The van der Waals surface area contributed by atoms with E-state index in [1.807, 2.05) is 36.4 Å². The summed E-state index contributed by atoms with van der Waals surface area (Å²) in [6.07, 6.45) is 0. The number of hydrogen-bond donors (Lipinski definition) is 0. The molecular formula is C19H12Cl3F3O3S2. The smallest absolute Gasteiger partial charge is 0.485 e. The van der Waals surface area contributed by atoms with Crippen LogP contribution in [0.4, 0.5) is 13.2 Å². The van der Waals surface area contributed by atoms with Gasteiger partial charge in [0.15, 0.2) is 19.9 Å². The van der Waals surface area contributed by atoms with Crippen molar-refractivity contribution >= 4 is 55.8 Å². The minimum absolute atomic E-state index is 0.369. The van der Waals surface area contributed by atoms with Crippen LogP contribution in [-0.4, -0.2) is 18.5 Å². The van der Waals surface area contributed by atoms with Gasteiger partial charge in [0, 0.05) is 5.02 Å². The summed E-state index contributed by atoms with van der Waals surface area (Å²) in [7, 11) is -6.46. The molecule has 0 aliphatic carbocycles. The Hall–Kier alpha value is -1.42. The van der Waals surface area contributed by atoms with Gasteiger partial charge in [-0.3, -0.25) is 0 Å². The summed E-state index contributed by atoms with van der Waals surface area (Å²) < 4.78 is 58.9. The molecule has 0 spiro atoms. The zero-order valence-corrected chi connectivity index (χ0v) is 18.6. The second kappa shape index (κ2) is 10.3. The Balaban J connectivity index is 0.000000343. The monoisotopic (exact) mass is 514 g/mol. The number of benzene rings is 3. The van der Waals surface area contributed by atoms with E-state index < -0.39 is 15.6 Å². The average Bonchev–Trinajstić information content (AvgIpc) is 2.65. The third-order valence-electron chi connectivity index (χ3n) is 3.41. The summed E-state index contributed by atoms with van der Waals surface area (Å²) in [6, 6.07) is 24.0. The second-order valence-corrected chi connectivity index (χ2v) is 10.1. The van der Waals surface area contributed by atoms with Gasteiger partial charge in [0.25, 0.3) is 0 Å². The van der Waals surface area contributed by atoms with Crippen LogP contribution in [-0.2, 0) is 21.0 Å². The minimum Gasteiger partial charge on any atom is -0.741 e. The summed E-state index contributed by atoms with van der Waals surface area (Å²) in [6.45, 7) is 0. The highest BCUT2D eigenvalue weighted by Gasteiger charge is 2.37. The van der Waals surface area contributed by atoms with Crippen molar-refractivity contribution in [3.63, 3.8) is 0 Å². The molecule has 11 heteroatoms. The van der Waals surface area contributed by atoms with Crippen LogP contribution in [0.15, 0.2) is 87.5 Å². The first-order chi connectivity index (χ1) is 13.9. The summed E-state index contributed by atoms with van der Waals surface area (Å²) in [4.78, 5) is 3.24. The van der Waals surface area contributed by atoms with Gasteiger partial charge in [-0.1, -0.05) is 71.2 Å². The molecule has 0 N–H and O–H groups in total. The predicted molar refractivity (Wildman–Crippen MR) is 112 cm³/mol. The number of alkyl halides is 3. The molecule has 0 fully saturated rings. The van der Waals surface area contributed by atoms with Crippen molar-refractivity contribution in [2.45, 2.75) is 20.2 Å². The molecule has 0 amide bonds. The van der Waals surface area contributed by atoms with Gasteiger partial charge in [0.1, 0.15) is 10.9 Å². The molecule has 0 atom stereocenters. The van der Waals surface area contributed by atoms with Crippen LogP contribution in [0.2, 0.25) is 15.1 Å². The van der Waals surface area contributed by atoms with Crippen LogP contribution in [0.3, 0.4) is 0 Å². The molecule has 0 unspecified atom stereocenters. The molecule has 0 bridgehead atoms. The molecule has 0 heterocycles. The van der Waals surface area contributed by atoms with Gasteiger partial charge >= 0.3 is 5.51 Å². The zero-order chi connectivity index (χ0) is 22.5. The normalized spacial score (nSPS) is 11.7. The maximum absolute atomic E-state index is 10.7. The molecule has 3 aromatic carbocycles. The highest BCUT2D eigenvalue weighted by atomic mass is 35.5. The van der Waals surface area contributed by atoms with Crippen molar-refractivity contribution in [1.82, 2.24) is 0 Å². The molecular weight excluding hydrogens is 504 g/mol. The predicted octanol–water partition coefficient (Wildman–Crippen LogP) is 6.79. The summed E-state index contributed by atoms with van der Waals surface area (Å²) in [5.41, 5.74) is -5.65. The Morgan fingerprint density at radius 3 is 1.40 bits per heavy atom. The number of halogens is 6. The van der Waals surface area contributed by atoms with E-state index >= 15 is 0 Å². The summed E-state index contributed by atoms with van der Waals surface area (Å²) >= 11 is 19.0. The van der Waals surface area contributed by atoms with E-state index in [0.717, 1.165) is 4.90 Å². The lowest BCUT2D eigenvalue weighted by molar-refractivity contribution is -0.0517. The van der Waals surface area contributed by atoms with Crippen LogP contribution in [0.1, 0.15) is 0 Å². The Kier molecular flexibility index (Phi) is 8.50. The van der Waals surface area contributed by atoms with Gasteiger partial charge in [-0.25, -0.2) is 8.42 Å². The molecule has 0 saturated heterocycles. The van der Waals surface area contributed by atoms with Crippen LogP contribution >= 0.6 is 34.8 Å². The molecule has 0 aliphatic rings. The van der Waals surface area contributed by atoms with E-state index in [2.05, 4.69) is 24.3 Å². The first-order valence-corrected chi connectivity index (χ1v) is 11.7. The lowest BCUT2D eigenvalue weighted by atomic mass is 10.3. The van der Waals surface area contributed by atoms with Gasteiger partial charge in [0.05, 0.1) is 10.0 Å². The van der Waals surface area contributed by atoms with Gasteiger partial charge in [-0.15, -0.1) is 0 Å². The summed E-state index contributed by atoms with van der Waals surface area (Å²) in [5.74, 6) is 0. The van der Waals surface area contributed by atoms with Crippen LogP contribution < -0.4 is 0 Å². The minimum atomic E-state index is -6.09. The average molecular weight is 516 g/mol. The molecule has 3 aromatic rings. The topological polar surface area (TPSA) is 57.2 Å². The molecule has 3 rings (SSSR count). The largest absolute Gasteiger partial charge is 0.741 e. The van der Waals surface area contributed by atoms with Crippen LogP contribution in [0.5, 0.6) is 0 Å². The fourth-order valence-electron chi connectivity index (χ4n) is 2.21. The number of hydrogen-bond acceptors (Lipinski definition) is 3. The molecule has 0 aliphatic heterocycles. The first kappa shape index (κ1) is 24.8. The van der Waals surface area contributed by atoms with Crippen LogP contribution in [0, 0.1) is 0 Å². The lowest BCUT2D eigenvalue weighted by Gasteiger charge is -2.11. The lowest BCUT2D eigenvalue weighted by Crippen LogP contribution is -2.21. The van der Waals surface area contributed by atoms with E-state index in [9.17, 15) is 13.2 Å². The van der Waals surface area contributed by atoms with E-state index in [-0.39, 0.29) is 10.9 Å². The highest BCUT2D eigenvalue weighted by molar-refractivity contribution is 7.97. The van der Waals surface area contributed by atoms with Gasteiger partial charge in [-0.05, 0) is 36.4 Å². The molecule has 160 valence electrons. The second-order valence-electron chi connectivity index (χ2n) is 5.53. The molecule has 0 aromatic heterocycles. The Morgan fingerprint density at radius 1 is 0.767 bits per heavy atom. The third kappa shape index (κ3) is 6.54. The van der Waals surface area contributed by atoms with Gasteiger partial charge in [-0.2, -0.15) is 13.2 Å². The molecule has 0 radical (unpaired) electrons. The quantitative estimate of drug-likeness (QED) is 0.219. The van der Waals surface area contributed by atoms with Crippen molar-refractivity contribution in [2.24, 2.45) is 0 Å². The third-order valence-corrected chi connectivity index (χ3v) is 7.35. The zero-order valence-electron chi connectivity index (χ0n) is 14.7. The maximum Gasteiger partial charge on any atom is 0.485 e. The molecule has 30 heavy (non-hydrogen) atoms. The summed E-state index contributed by atoms with van der Waals surface area (Å²) in [5, 5.41) is 1.73. The van der Waals surface area contributed by atoms with E-state index in [1.165, 1.54) is 9.79 Å². The van der Waals surface area contributed by atoms with Gasteiger partial charge in [0.2, 0.25) is 4.90 Å². The fourth-order valence-corrected chi connectivity index (χ4v) is 5.60. The highest BCUT2D eigenvalue weighted by Crippen LogP contribution is 2.41. The number of rotatable bonds is 3. The Labute approximate surface area is 189 Å². The van der Waals surface area contributed by atoms with E-state index in [1.54, 1.807) is 12.1 Å². The van der Waals surface area contributed by atoms with Crippen molar-refractivity contribution in [3.8, 4) is 0 Å². The molecule has 0 saturated carbocycles. The van der Waals surface area contributed by atoms with Crippen molar-refractivity contribution in [1.29, 1.82) is 0 Å². The standard InChI is InChI=1S/C18H12Cl3S.CHF3O3S/c19-13-11-16(20)18(17(21)12-13)22(14-7-3-1-4-8-14)15-9-5-2-6-10-15;2-1(3,4)8(5,6)7/h1-12H;(H,5,6,7)/q+1;/p-1. The van der Waals surface area contributed by atoms with Gasteiger partial charge < -0.3 is 4.55 Å².